The van der Waals surface area contributed by atoms with Gasteiger partial charge in [0.15, 0.2) is 0 Å². The molecule has 7 heteroatoms. The number of anilines is 1. The number of aliphatic hydroxyl groups is 1. The van der Waals surface area contributed by atoms with E-state index in [9.17, 15) is 18.3 Å². The third-order valence-electron chi connectivity index (χ3n) is 3.09. The number of hydrogen-bond donors (Lipinski definition) is 2. The van der Waals surface area contributed by atoms with Gasteiger partial charge in [-0.1, -0.05) is 6.07 Å². The molecule has 1 aromatic carbocycles. The second-order valence-electron chi connectivity index (χ2n) is 5.88. The van der Waals surface area contributed by atoms with E-state index in [1.54, 1.807) is 31.7 Å². The molecule has 126 valence electrons. The molecule has 1 heterocycles. The summed E-state index contributed by atoms with van der Waals surface area (Å²) in [6.07, 6.45) is -2.87. The number of fused-ring (bicyclic) bond motifs is 1. The van der Waals surface area contributed by atoms with Crippen LogP contribution in [-0.2, 0) is 6.18 Å². The predicted octanol–water partition coefficient (Wildman–Crippen LogP) is 4.17. The van der Waals surface area contributed by atoms with Gasteiger partial charge in [-0.05, 0) is 32.0 Å². The number of hydrogen-bond acceptors (Lipinski definition) is 4. The van der Waals surface area contributed by atoms with Crippen molar-refractivity contribution in [2.45, 2.75) is 25.6 Å². The summed E-state index contributed by atoms with van der Waals surface area (Å²) in [7, 11) is 0. The van der Waals surface area contributed by atoms with Crippen LogP contribution in [0.5, 0.6) is 0 Å². The number of halogens is 3. The maximum atomic E-state index is 12.7. The van der Waals surface area contributed by atoms with Gasteiger partial charge in [-0.3, -0.25) is 4.98 Å². The van der Waals surface area contributed by atoms with Crippen molar-refractivity contribution >= 4 is 28.4 Å². The van der Waals surface area contributed by atoms with Crippen molar-refractivity contribution < 1.29 is 18.3 Å². The minimum Gasteiger partial charge on any atom is -0.390 e. The Bertz CT molecular complexity index is 668. The largest absolute Gasteiger partial charge is 0.416 e. The van der Waals surface area contributed by atoms with Crippen LogP contribution in [0.25, 0.3) is 10.9 Å². The highest BCUT2D eigenvalue weighted by Gasteiger charge is 2.30. The molecule has 0 saturated heterocycles. The van der Waals surface area contributed by atoms with E-state index in [1.807, 2.05) is 0 Å². The topological polar surface area (TPSA) is 45.1 Å². The Kier molecular flexibility index (Phi) is 5.41. The van der Waals surface area contributed by atoms with Crippen LogP contribution in [0, 0.1) is 0 Å². The summed E-state index contributed by atoms with van der Waals surface area (Å²) in [6.45, 7) is 4.16. The van der Waals surface area contributed by atoms with Crippen LogP contribution in [0.3, 0.4) is 0 Å². The maximum Gasteiger partial charge on any atom is 0.416 e. The second kappa shape index (κ2) is 6.97. The molecule has 23 heavy (non-hydrogen) atoms. The molecule has 0 unspecified atom stereocenters. The third kappa shape index (κ3) is 5.28. The van der Waals surface area contributed by atoms with E-state index in [-0.39, 0.29) is 0 Å². The smallest absolute Gasteiger partial charge is 0.390 e. The maximum absolute atomic E-state index is 12.7. The minimum atomic E-state index is -4.37. The molecule has 2 rings (SSSR count). The molecular weight excluding hydrogens is 325 g/mol. The van der Waals surface area contributed by atoms with E-state index < -0.39 is 17.3 Å². The summed E-state index contributed by atoms with van der Waals surface area (Å²) in [5.41, 5.74) is -0.334. The number of alkyl halides is 3. The van der Waals surface area contributed by atoms with E-state index in [0.717, 1.165) is 23.6 Å². The van der Waals surface area contributed by atoms with E-state index >= 15 is 0 Å². The molecule has 2 aromatic rings. The molecule has 0 atom stereocenters. The van der Waals surface area contributed by atoms with Crippen LogP contribution < -0.4 is 5.32 Å². The molecule has 0 spiro atoms. The molecule has 2 N–H and O–H groups in total. The summed E-state index contributed by atoms with van der Waals surface area (Å²) in [6, 6.07) is 5.31. The monoisotopic (exact) mass is 344 g/mol. The lowest BCUT2D eigenvalue weighted by Crippen LogP contribution is -2.22. The van der Waals surface area contributed by atoms with Crippen LogP contribution >= 0.6 is 11.8 Å². The van der Waals surface area contributed by atoms with Crippen molar-refractivity contribution in [2.24, 2.45) is 0 Å². The van der Waals surface area contributed by atoms with E-state index in [2.05, 4.69) is 10.3 Å². The van der Waals surface area contributed by atoms with Gasteiger partial charge in [0.05, 0.1) is 16.7 Å². The van der Waals surface area contributed by atoms with E-state index in [0.29, 0.717) is 23.2 Å². The number of benzene rings is 1. The average molecular weight is 344 g/mol. The first-order valence-corrected chi connectivity index (χ1v) is 8.32. The van der Waals surface area contributed by atoms with Gasteiger partial charge in [0.2, 0.25) is 0 Å². The van der Waals surface area contributed by atoms with Gasteiger partial charge in [0, 0.05) is 35.3 Å². The lowest BCUT2D eigenvalue weighted by Gasteiger charge is -2.16. The van der Waals surface area contributed by atoms with E-state index in [1.165, 1.54) is 12.3 Å². The Morgan fingerprint density at radius 2 is 1.96 bits per heavy atom. The Labute approximate surface area is 137 Å². The van der Waals surface area contributed by atoms with Crippen molar-refractivity contribution in [3.8, 4) is 0 Å². The lowest BCUT2D eigenvalue weighted by atomic mass is 10.1. The summed E-state index contributed by atoms with van der Waals surface area (Å²) in [5, 5.41) is 13.5. The Morgan fingerprint density at radius 3 is 2.61 bits per heavy atom. The first-order chi connectivity index (χ1) is 10.7. The zero-order chi connectivity index (χ0) is 17.1. The molecule has 0 bridgehead atoms. The zero-order valence-electron chi connectivity index (χ0n) is 12.9. The molecule has 0 amide bonds. The highest BCUT2D eigenvalue weighted by molar-refractivity contribution is 7.99. The van der Waals surface area contributed by atoms with Gasteiger partial charge in [-0.15, -0.1) is 0 Å². The number of aromatic nitrogens is 1. The zero-order valence-corrected chi connectivity index (χ0v) is 13.8. The van der Waals surface area contributed by atoms with Gasteiger partial charge in [-0.2, -0.15) is 24.9 Å². The van der Waals surface area contributed by atoms with Gasteiger partial charge >= 0.3 is 6.18 Å². The average Bonchev–Trinajstić information content (AvgIpc) is 2.44. The molecule has 3 nitrogen and oxygen atoms in total. The number of thioether (sulfide) groups is 1. The van der Waals surface area contributed by atoms with Crippen molar-refractivity contribution in [3.63, 3.8) is 0 Å². The highest BCUT2D eigenvalue weighted by atomic mass is 32.2. The fourth-order valence-corrected chi connectivity index (χ4v) is 2.95. The van der Waals surface area contributed by atoms with Crippen molar-refractivity contribution in [1.82, 2.24) is 4.98 Å². The standard InChI is InChI=1S/C16H19F3N2OS/c1-15(2,22)10-23-8-7-21-13-5-6-20-14-9-11(16(17,18)19)3-4-12(13)14/h3-6,9,22H,7-8,10H2,1-2H3,(H,20,21). The quantitative estimate of drug-likeness (QED) is 0.772. The number of nitrogens with one attached hydrogen (secondary N) is 1. The summed E-state index contributed by atoms with van der Waals surface area (Å²) >= 11 is 1.61. The summed E-state index contributed by atoms with van der Waals surface area (Å²) in [5.74, 6) is 1.41. The van der Waals surface area contributed by atoms with Crippen LogP contribution in [0.2, 0.25) is 0 Å². The summed E-state index contributed by atoms with van der Waals surface area (Å²) in [4.78, 5) is 4.01. The van der Waals surface area contributed by atoms with Gasteiger partial charge in [-0.25, -0.2) is 0 Å². The highest BCUT2D eigenvalue weighted by Crippen LogP contribution is 2.32. The van der Waals surface area contributed by atoms with Crippen LogP contribution in [0.15, 0.2) is 30.5 Å². The predicted molar refractivity (Wildman–Crippen MR) is 88.9 cm³/mol. The molecule has 0 radical (unpaired) electrons. The first-order valence-electron chi connectivity index (χ1n) is 7.17. The van der Waals surface area contributed by atoms with Gasteiger partial charge in [0.1, 0.15) is 0 Å². The minimum absolute atomic E-state index is 0.314. The second-order valence-corrected chi connectivity index (χ2v) is 6.99. The molecule has 0 aliphatic rings. The van der Waals surface area contributed by atoms with E-state index in [4.69, 9.17) is 0 Å². The Morgan fingerprint density at radius 1 is 1.22 bits per heavy atom. The number of nitrogens with zero attached hydrogens (tertiary/aromatic N) is 1. The molecule has 0 saturated carbocycles. The molecular formula is C16H19F3N2OS. The van der Waals surface area contributed by atoms with Crippen molar-refractivity contribution in [3.05, 3.63) is 36.0 Å². The first kappa shape index (κ1) is 17.9. The fourth-order valence-electron chi connectivity index (χ4n) is 2.06. The van der Waals surface area contributed by atoms with Crippen LogP contribution in [0.4, 0.5) is 18.9 Å². The Hall–Kier alpha value is -1.47. The van der Waals surface area contributed by atoms with Crippen LogP contribution in [-0.4, -0.2) is 33.7 Å². The number of pyridine rings is 1. The summed E-state index contributed by atoms with van der Waals surface area (Å²) < 4.78 is 38.2. The fraction of sp³-hybridized carbons (Fsp3) is 0.438. The van der Waals surface area contributed by atoms with Crippen LogP contribution in [0.1, 0.15) is 19.4 Å². The molecule has 0 aliphatic heterocycles. The molecule has 1 aromatic heterocycles. The SMILES string of the molecule is CC(C)(O)CSCCNc1ccnc2cc(C(F)(F)F)ccc12. The lowest BCUT2D eigenvalue weighted by molar-refractivity contribution is -0.137. The van der Waals surface area contributed by atoms with Crippen molar-refractivity contribution in [2.75, 3.05) is 23.4 Å². The number of rotatable bonds is 6. The van der Waals surface area contributed by atoms with Gasteiger partial charge < -0.3 is 10.4 Å². The van der Waals surface area contributed by atoms with Crippen molar-refractivity contribution in [1.29, 1.82) is 0 Å². The molecule has 0 fully saturated rings. The third-order valence-corrected chi connectivity index (χ3v) is 4.49. The Balaban J connectivity index is 2.04. The molecule has 0 aliphatic carbocycles. The van der Waals surface area contributed by atoms with Gasteiger partial charge in [0.25, 0.3) is 0 Å². The normalized spacial score (nSPS) is 12.6.